The van der Waals surface area contributed by atoms with Crippen molar-refractivity contribution in [3.05, 3.63) is 112 Å². The van der Waals surface area contributed by atoms with E-state index < -0.39 is 0 Å². The molecule has 0 aliphatic heterocycles. The van der Waals surface area contributed by atoms with Crippen molar-refractivity contribution in [1.82, 2.24) is 14.3 Å². The molecule has 186 valence electrons. The van der Waals surface area contributed by atoms with Crippen molar-refractivity contribution in [2.75, 3.05) is 5.32 Å². The number of amides is 1. The fourth-order valence-corrected chi connectivity index (χ4v) is 4.69. The van der Waals surface area contributed by atoms with E-state index in [0.29, 0.717) is 22.9 Å². The lowest BCUT2D eigenvalue weighted by molar-refractivity contribution is 0.102. The molecule has 0 radical (unpaired) electrons. The van der Waals surface area contributed by atoms with Crippen LogP contribution in [0, 0.1) is 12.8 Å². The topological polar surface area (TPSA) is 68.9 Å². The van der Waals surface area contributed by atoms with Crippen molar-refractivity contribution < 1.29 is 4.79 Å². The molecule has 5 aromatic rings. The number of carbonyl (C=O) groups is 1. The number of pyridine rings is 1. The zero-order chi connectivity index (χ0) is 26.1. The third-order valence-electron chi connectivity index (χ3n) is 6.65. The predicted octanol–water partition coefficient (Wildman–Crippen LogP) is 6.15. The fourth-order valence-electron chi connectivity index (χ4n) is 4.69. The van der Waals surface area contributed by atoms with Crippen LogP contribution in [0.4, 0.5) is 5.69 Å². The second-order valence-corrected chi connectivity index (χ2v) is 9.76. The monoisotopic (exact) mass is 490 g/mol. The number of hydrogen-bond acceptors (Lipinski definition) is 3. The van der Waals surface area contributed by atoms with Gasteiger partial charge < -0.3 is 5.32 Å². The SMILES string of the molecule is Cc1c(NC(=O)c2cc(-c3ccc(CC(C)C)cc3)nc3ccccc23)c(=O)n(-c2ccccc2)n1C. The van der Waals surface area contributed by atoms with Crippen LogP contribution in [0.25, 0.3) is 27.8 Å². The number of nitrogens with zero attached hydrogens (tertiary/aromatic N) is 3. The van der Waals surface area contributed by atoms with Crippen LogP contribution in [0.5, 0.6) is 0 Å². The number of nitrogens with one attached hydrogen (secondary N) is 1. The largest absolute Gasteiger partial charge is 0.316 e. The zero-order valence-electron chi connectivity index (χ0n) is 21.5. The summed E-state index contributed by atoms with van der Waals surface area (Å²) in [6.07, 6.45) is 1.01. The molecule has 0 atom stereocenters. The highest BCUT2D eigenvalue weighted by Gasteiger charge is 2.21. The number of benzene rings is 3. The van der Waals surface area contributed by atoms with Crippen LogP contribution in [0.2, 0.25) is 0 Å². The standard InChI is InChI=1S/C31H30N4O2/c1-20(2)18-22-14-16-23(17-15-22)28-19-26(25-12-8-9-13-27(25)32-28)30(36)33-29-21(3)34(4)35(31(29)37)24-10-6-5-7-11-24/h5-17,19-20H,18H2,1-4H3,(H,33,36). The Morgan fingerprint density at radius 3 is 2.32 bits per heavy atom. The summed E-state index contributed by atoms with van der Waals surface area (Å²) in [7, 11) is 1.81. The van der Waals surface area contributed by atoms with Gasteiger partial charge in [-0.05, 0) is 49.1 Å². The summed E-state index contributed by atoms with van der Waals surface area (Å²) in [5, 5.41) is 3.64. The summed E-state index contributed by atoms with van der Waals surface area (Å²) >= 11 is 0. The smallest absolute Gasteiger partial charge is 0.295 e. The van der Waals surface area contributed by atoms with E-state index in [9.17, 15) is 9.59 Å². The molecule has 0 unspecified atom stereocenters. The van der Waals surface area contributed by atoms with Crippen LogP contribution < -0.4 is 10.9 Å². The normalized spacial score (nSPS) is 11.3. The number of anilines is 1. The Morgan fingerprint density at radius 2 is 1.62 bits per heavy atom. The van der Waals surface area contributed by atoms with Gasteiger partial charge in [0, 0.05) is 18.0 Å². The lowest BCUT2D eigenvalue weighted by Crippen LogP contribution is -2.23. The molecule has 1 N–H and O–H groups in total. The van der Waals surface area contributed by atoms with Crippen LogP contribution in [0.3, 0.4) is 0 Å². The average Bonchev–Trinajstić information content (AvgIpc) is 3.11. The van der Waals surface area contributed by atoms with Crippen molar-refractivity contribution >= 4 is 22.5 Å². The first kappa shape index (κ1) is 24.3. The van der Waals surface area contributed by atoms with Crippen LogP contribution in [0.15, 0.2) is 89.7 Å². The number of fused-ring (bicyclic) bond motifs is 1. The fraction of sp³-hybridized carbons (Fsp3) is 0.194. The van der Waals surface area contributed by atoms with Gasteiger partial charge in [-0.1, -0.05) is 74.5 Å². The van der Waals surface area contributed by atoms with Crippen LogP contribution >= 0.6 is 0 Å². The van der Waals surface area contributed by atoms with Gasteiger partial charge in [0.1, 0.15) is 5.69 Å². The van der Waals surface area contributed by atoms with Gasteiger partial charge in [-0.25, -0.2) is 9.67 Å². The van der Waals surface area contributed by atoms with Crippen LogP contribution in [-0.4, -0.2) is 20.3 Å². The van der Waals surface area contributed by atoms with E-state index in [0.717, 1.165) is 28.6 Å². The molecule has 0 saturated carbocycles. The molecule has 5 rings (SSSR count). The lowest BCUT2D eigenvalue weighted by atomic mass is 9.99. The molecule has 3 aromatic carbocycles. The van der Waals surface area contributed by atoms with E-state index in [4.69, 9.17) is 4.98 Å². The van der Waals surface area contributed by atoms with Crippen molar-refractivity contribution in [3.63, 3.8) is 0 Å². The van der Waals surface area contributed by atoms with Crippen molar-refractivity contribution in [1.29, 1.82) is 0 Å². The summed E-state index contributed by atoms with van der Waals surface area (Å²) in [5.41, 5.74) is 5.50. The Bertz CT molecular complexity index is 1650. The number of aromatic nitrogens is 3. The Hall–Kier alpha value is -4.45. The quantitative estimate of drug-likeness (QED) is 0.310. The number of para-hydroxylation sites is 2. The van der Waals surface area contributed by atoms with E-state index >= 15 is 0 Å². The minimum Gasteiger partial charge on any atom is -0.316 e. The maximum atomic E-state index is 13.7. The van der Waals surface area contributed by atoms with Gasteiger partial charge in [-0.3, -0.25) is 14.3 Å². The Labute approximate surface area is 216 Å². The Morgan fingerprint density at radius 1 is 0.946 bits per heavy atom. The van der Waals surface area contributed by atoms with Gasteiger partial charge in [-0.2, -0.15) is 0 Å². The molecular weight excluding hydrogens is 460 g/mol. The van der Waals surface area contributed by atoms with Gasteiger partial charge in [0.25, 0.3) is 11.5 Å². The number of hydrogen-bond donors (Lipinski definition) is 1. The molecule has 6 heteroatoms. The van der Waals surface area contributed by atoms with E-state index in [2.05, 4.69) is 43.4 Å². The summed E-state index contributed by atoms with van der Waals surface area (Å²) in [4.78, 5) is 31.8. The van der Waals surface area contributed by atoms with E-state index in [1.54, 1.807) is 9.36 Å². The molecule has 1 amide bonds. The molecule has 0 aliphatic carbocycles. The minimum atomic E-state index is -0.345. The molecule has 0 aliphatic rings. The Kier molecular flexibility index (Phi) is 6.49. The van der Waals surface area contributed by atoms with Gasteiger partial charge in [0.2, 0.25) is 0 Å². The highest BCUT2D eigenvalue weighted by Crippen LogP contribution is 2.27. The molecule has 6 nitrogen and oxygen atoms in total. The summed E-state index contributed by atoms with van der Waals surface area (Å²) in [5.74, 6) is 0.232. The van der Waals surface area contributed by atoms with E-state index in [-0.39, 0.29) is 17.2 Å². The van der Waals surface area contributed by atoms with Crippen molar-refractivity contribution in [2.24, 2.45) is 13.0 Å². The molecule has 0 bridgehead atoms. The summed E-state index contributed by atoms with van der Waals surface area (Å²) in [6, 6.07) is 27.1. The zero-order valence-corrected chi connectivity index (χ0v) is 21.5. The van der Waals surface area contributed by atoms with Crippen molar-refractivity contribution in [3.8, 4) is 16.9 Å². The molecule has 0 saturated heterocycles. The van der Waals surface area contributed by atoms with E-state index in [1.165, 1.54) is 5.56 Å². The van der Waals surface area contributed by atoms with Gasteiger partial charge in [-0.15, -0.1) is 0 Å². The lowest BCUT2D eigenvalue weighted by Gasteiger charge is -2.11. The van der Waals surface area contributed by atoms with Crippen LogP contribution in [0.1, 0.15) is 35.5 Å². The highest BCUT2D eigenvalue weighted by atomic mass is 16.2. The first-order chi connectivity index (χ1) is 17.8. The molecule has 0 spiro atoms. The maximum Gasteiger partial charge on any atom is 0.295 e. The molecule has 0 fully saturated rings. The van der Waals surface area contributed by atoms with Crippen LogP contribution in [-0.2, 0) is 13.5 Å². The highest BCUT2D eigenvalue weighted by molar-refractivity contribution is 6.13. The van der Waals surface area contributed by atoms with Gasteiger partial charge in [0.05, 0.1) is 28.2 Å². The van der Waals surface area contributed by atoms with E-state index in [1.807, 2.05) is 74.6 Å². The first-order valence-corrected chi connectivity index (χ1v) is 12.5. The third-order valence-corrected chi connectivity index (χ3v) is 6.65. The maximum absolute atomic E-state index is 13.7. The average molecular weight is 491 g/mol. The molecule has 37 heavy (non-hydrogen) atoms. The predicted molar refractivity (Wildman–Crippen MR) is 149 cm³/mol. The summed E-state index contributed by atoms with van der Waals surface area (Å²) < 4.78 is 3.31. The number of rotatable bonds is 6. The molecule has 2 heterocycles. The van der Waals surface area contributed by atoms with Crippen molar-refractivity contribution in [2.45, 2.75) is 27.2 Å². The second-order valence-electron chi connectivity index (χ2n) is 9.76. The Balaban J connectivity index is 1.55. The number of carbonyl (C=O) groups excluding carboxylic acids is 1. The first-order valence-electron chi connectivity index (χ1n) is 12.5. The van der Waals surface area contributed by atoms with Gasteiger partial charge >= 0.3 is 0 Å². The summed E-state index contributed by atoms with van der Waals surface area (Å²) in [6.45, 7) is 6.23. The van der Waals surface area contributed by atoms with Gasteiger partial charge in [0.15, 0.2) is 0 Å². The third kappa shape index (κ3) is 4.70. The molecule has 2 aromatic heterocycles. The second kappa shape index (κ2) is 9.90. The molecular formula is C31H30N4O2. The minimum absolute atomic E-state index is 0.261.